The molecule has 0 saturated heterocycles. The van der Waals surface area contributed by atoms with Crippen molar-refractivity contribution in [3.05, 3.63) is 58.5 Å². The molecule has 0 bridgehead atoms. The van der Waals surface area contributed by atoms with E-state index in [4.69, 9.17) is 21.4 Å². The molecule has 6 heteroatoms. The van der Waals surface area contributed by atoms with Crippen LogP contribution in [0.2, 0.25) is 5.02 Å². The van der Waals surface area contributed by atoms with Gasteiger partial charge < -0.3 is 9.84 Å². The van der Waals surface area contributed by atoms with Crippen LogP contribution in [0.1, 0.15) is 49.3 Å². The maximum absolute atomic E-state index is 13.8. The molecular weight excluding hydrogens is 357 g/mol. The first-order valence-corrected chi connectivity index (χ1v) is 9.14. The number of halogens is 2. The summed E-state index contributed by atoms with van der Waals surface area (Å²) in [7, 11) is 0. The van der Waals surface area contributed by atoms with E-state index < -0.39 is 11.8 Å². The van der Waals surface area contributed by atoms with Gasteiger partial charge in [-0.05, 0) is 49.8 Å². The van der Waals surface area contributed by atoms with Gasteiger partial charge in [-0.15, -0.1) is 0 Å². The fourth-order valence-corrected chi connectivity index (χ4v) is 3.60. The van der Waals surface area contributed by atoms with Crippen LogP contribution in [-0.4, -0.2) is 16.1 Å². The minimum absolute atomic E-state index is 0.0881. The normalized spacial score (nSPS) is 19.9. The molecule has 0 aliphatic heterocycles. The Balaban J connectivity index is 1.59. The number of aromatic nitrogens is 1. The van der Waals surface area contributed by atoms with Gasteiger partial charge in [0.15, 0.2) is 0 Å². The number of aliphatic carboxylic acids is 1. The van der Waals surface area contributed by atoms with Crippen LogP contribution in [0.25, 0.3) is 0 Å². The van der Waals surface area contributed by atoms with Crippen molar-refractivity contribution in [1.29, 1.82) is 0 Å². The number of carboxylic acids is 1. The van der Waals surface area contributed by atoms with Crippen molar-refractivity contribution in [1.82, 2.24) is 4.98 Å². The molecule has 1 aliphatic carbocycles. The van der Waals surface area contributed by atoms with E-state index >= 15 is 0 Å². The summed E-state index contributed by atoms with van der Waals surface area (Å²) >= 11 is 5.75. The van der Waals surface area contributed by atoms with Crippen LogP contribution in [0.5, 0.6) is 5.88 Å². The largest absolute Gasteiger partial charge is 0.481 e. The third-order valence-electron chi connectivity index (χ3n) is 4.86. The van der Waals surface area contributed by atoms with Gasteiger partial charge in [-0.3, -0.25) is 4.79 Å². The molecular formula is C20H21ClFNO3. The summed E-state index contributed by atoms with van der Waals surface area (Å²) in [6.45, 7) is 0.0881. The molecule has 1 heterocycles. The predicted octanol–water partition coefficient (Wildman–Crippen LogP) is 5.20. The topological polar surface area (TPSA) is 59.4 Å². The fourth-order valence-electron chi connectivity index (χ4n) is 3.44. The van der Waals surface area contributed by atoms with Crippen LogP contribution in [-0.2, 0) is 11.4 Å². The standard InChI is InChI=1S/C20H21ClFNO3/c21-16-9-8-15(17(22)11-16)12-26-19-3-1-2-18(23-19)14-6-4-13(5-7-14)10-20(24)25/h1-3,8-9,11,13-14H,4-7,10,12H2,(H,24,25). The lowest BCUT2D eigenvalue weighted by atomic mass is 9.79. The zero-order valence-corrected chi connectivity index (χ0v) is 15.1. The highest BCUT2D eigenvalue weighted by atomic mass is 35.5. The Hall–Kier alpha value is -2.14. The highest BCUT2D eigenvalue weighted by Crippen LogP contribution is 2.36. The Morgan fingerprint density at radius 3 is 2.69 bits per heavy atom. The van der Waals surface area contributed by atoms with Crippen molar-refractivity contribution in [2.24, 2.45) is 5.92 Å². The molecule has 0 radical (unpaired) electrons. The monoisotopic (exact) mass is 377 g/mol. The Morgan fingerprint density at radius 1 is 1.23 bits per heavy atom. The lowest BCUT2D eigenvalue weighted by Gasteiger charge is -2.27. The van der Waals surface area contributed by atoms with Gasteiger partial charge in [0.2, 0.25) is 5.88 Å². The van der Waals surface area contributed by atoms with E-state index in [1.165, 1.54) is 6.07 Å². The van der Waals surface area contributed by atoms with Crippen LogP contribution in [0.4, 0.5) is 4.39 Å². The molecule has 1 aromatic heterocycles. The van der Waals surface area contributed by atoms with E-state index in [0.29, 0.717) is 22.4 Å². The molecule has 26 heavy (non-hydrogen) atoms. The van der Waals surface area contributed by atoms with Crippen molar-refractivity contribution in [3.63, 3.8) is 0 Å². The van der Waals surface area contributed by atoms with Crippen LogP contribution in [0.15, 0.2) is 36.4 Å². The van der Waals surface area contributed by atoms with Gasteiger partial charge in [-0.2, -0.15) is 0 Å². The predicted molar refractivity (Wildman–Crippen MR) is 96.9 cm³/mol. The SMILES string of the molecule is O=C(O)CC1CCC(c2cccc(OCc3ccc(Cl)cc3F)n2)CC1. The molecule has 1 fully saturated rings. The van der Waals surface area contributed by atoms with Gasteiger partial charge in [0.25, 0.3) is 0 Å². The Labute approximate surface area is 157 Å². The van der Waals surface area contributed by atoms with Crippen LogP contribution >= 0.6 is 11.6 Å². The second kappa shape index (κ2) is 8.49. The number of rotatable bonds is 6. The average molecular weight is 378 g/mol. The second-order valence-corrected chi connectivity index (χ2v) is 7.18. The van der Waals surface area contributed by atoms with Gasteiger partial charge >= 0.3 is 5.97 Å². The lowest BCUT2D eigenvalue weighted by Crippen LogP contribution is -2.17. The van der Waals surface area contributed by atoms with Crippen molar-refractivity contribution in [2.75, 3.05) is 0 Å². The Bertz CT molecular complexity index is 775. The third kappa shape index (κ3) is 4.94. The van der Waals surface area contributed by atoms with Crippen LogP contribution in [0, 0.1) is 11.7 Å². The van der Waals surface area contributed by atoms with Crippen molar-refractivity contribution >= 4 is 17.6 Å². The molecule has 0 amide bonds. The smallest absolute Gasteiger partial charge is 0.303 e. The van der Waals surface area contributed by atoms with Crippen molar-refractivity contribution in [2.45, 2.75) is 44.6 Å². The van der Waals surface area contributed by atoms with E-state index in [2.05, 4.69) is 4.98 Å². The quantitative estimate of drug-likeness (QED) is 0.751. The molecule has 1 N–H and O–H groups in total. The maximum Gasteiger partial charge on any atom is 0.303 e. The molecule has 0 unspecified atom stereocenters. The van der Waals surface area contributed by atoms with Gasteiger partial charge in [0, 0.05) is 34.7 Å². The fraction of sp³-hybridized carbons (Fsp3) is 0.400. The molecule has 0 spiro atoms. The van der Waals surface area contributed by atoms with Gasteiger partial charge in [0.05, 0.1) is 0 Å². The molecule has 2 aromatic rings. The molecule has 4 nitrogen and oxygen atoms in total. The summed E-state index contributed by atoms with van der Waals surface area (Å²) in [6, 6.07) is 10.1. The summed E-state index contributed by atoms with van der Waals surface area (Å²) in [5.74, 6) is -0.0850. The number of benzene rings is 1. The number of carboxylic acid groups (broad SMARTS) is 1. The number of pyridine rings is 1. The van der Waals surface area contributed by atoms with Gasteiger partial charge in [-0.1, -0.05) is 23.7 Å². The van der Waals surface area contributed by atoms with Gasteiger partial charge in [-0.25, -0.2) is 9.37 Å². The first-order valence-electron chi connectivity index (χ1n) is 8.76. The average Bonchev–Trinajstić information content (AvgIpc) is 2.61. The molecule has 138 valence electrons. The highest BCUT2D eigenvalue weighted by Gasteiger charge is 2.25. The molecule has 3 rings (SSSR count). The zero-order chi connectivity index (χ0) is 18.5. The summed E-state index contributed by atoms with van der Waals surface area (Å²) in [6.07, 6.45) is 3.91. The summed E-state index contributed by atoms with van der Waals surface area (Å²) in [5, 5.41) is 9.26. The van der Waals surface area contributed by atoms with Gasteiger partial charge in [0.1, 0.15) is 12.4 Å². The first kappa shape index (κ1) is 18.6. The summed E-state index contributed by atoms with van der Waals surface area (Å²) < 4.78 is 19.5. The molecule has 1 saturated carbocycles. The highest BCUT2D eigenvalue weighted by molar-refractivity contribution is 6.30. The lowest BCUT2D eigenvalue weighted by molar-refractivity contribution is -0.138. The van der Waals surface area contributed by atoms with Crippen LogP contribution in [0.3, 0.4) is 0 Å². The zero-order valence-electron chi connectivity index (χ0n) is 14.3. The molecule has 1 aromatic carbocycles. The van der Waals surface area contributed by atoms with Crippen LogP contribution < -0.4 is 4.74 Å². The number of carbonyl (C=O) groups is 1. The van der Waals surface area contributed by atoms with E-state index in [-0.39, 0.29) is 18.9 Å². The first-order chi connectivity index (χ1) is 12.5. The summed E-state index contributed by atoms with van der Waals surface area (Å²) in [5.41, 5.74) is 1.38. The Morgan fingerprint density at radius 2 is 2.00 bits per heavy atom. The van der Waals surface area contributed by atoms with E-state index in [9.17, 15) is 9.18 Å². The van der Waals surface area contributed by atoms with E-state index in [1.807, 2.05) is 12.1 Å². The number of nitrogens with zero attached hydrogens (tertiary/aromatic N) is 1. The third-order valence-corrected chi connectivity index (χ3v) is 5.10. The molecule has 1 aliphatic rings. The minimum atomic E-state index is -0.726. The molecule has 0 atom stereocenters. The van der Waals surface area contributed by atoms with Crippen molar-refractivity contribution < 1.29 is 19.0 Å². The minimum Gasteiger partial charge on any atom is -0.481 e. The van der Waals surface area contributed by atoms with Crippen molar-refractivity contribution in [3.8, 4) is 5.88 Å². The van der Waals surface area contributed by atoms with E-state index in [1.54, 1.807) is 18.2 Å². The summed E-state index contributed by atoms with van der Waals surface area (Å²) in [4.78, 5) is 15.4. The second-order valence-electron chi connectivity index (χ2n) is 6.74. The number of hydrogen-bond donors (Lipinski definition) is 1. The Kier molecular flexibility index (Phi) is 6.09. The van der Waals surface area contributed by atoms with E-state index in [0.717, 1.165) is 31.4 Å². The maximum atomic E-state index is 13.8. The number of ether oxygens (including phenoxy) is 1. The number of hydrogen-bond acceptors (Lipinski definition) is 3.